The van der Waals surface area contributed by atoms with Gasteiger partial charge in [-0.1, -0.05) is 48.0 Å². The lowest BCUT2D eigenvalue weighted by molar-refractivity contribution is -0.135. The average Bonchev–Trinajstić information content (AvgIpc) is 3.51. The number of hydrogen-bond donors (Lipinski definition) is 2. The van der Waals surface area contributed by atoms with Crippen molar-refractivity contribution in [2.45, 2.75) is 37.3 Å². The predicted octanol–water partition coefficient (Wildman–Crippen LogP) is 3.59. The smallest absolute Gasteiger partial charge is 0.247 e. The molecule has 0 aliphatic carbocycles. The van der Waals surface area contributed by atoms with E-state index in [4.69, 9.17) is 11.6 Å². The third kappa shape index (κ3) is 6.63. The number of carbonyl (C=O) groups is 3. The van der Waals surface area contributed by atoms with E-state index in [1.807, 2.05) is 30.3 Å². The standard InChI is InChI=1S/C28H30ClFN4O3/c1-31-16-23(13-20-11-12-32-27(20)36)33-28(37)25-14-21(18-5-3-2-4-6-18)17-34(25)26(35)10-8-19-7-9-22(29)15-24(19)30/h2-10,15,20-21,23,25H,1,11-14,16-17H2,(H,32,36)(H,33,37)/b10-8+/t20-,21+,23-,25-/m0/s1. The summed E-state index contributed by atoms with van der Waals surface area (Å²) in [5.41, 5.74) is 1.26. The Balaban J connectivity index is 1.52. The molecule has 0 spiro atoms. The highest BCUT2D eigenvalue weighted by atomic mass is 35.5. The molecule has 2 aliphatic heterocycles. The molecular weight excluding hydrogens is 495 g/mol. The first-order valence-corrected chi connectivity index (χ1v) is 12.7. The molecule has 4 atom stereocenters. The number of likely N-dealkylation sites (tertiary alicyclic amines) is 1. The van der Waals surface area contributed by atoms with Crippen LogP contribution in [0.1, 0.15) is 36.3 Å². The Hall–Kier alpha value is -3.52. The lowest BCUT2D eigenvalue weighted by atomic mass is 9.95. The number of benzene rings is 2. The summed E-state index contributed by atoms with van der Waals surface area (Å²) in [6.45, 7) is 4.79. The number of amides is 3. The van der Waals surface area contributed by atoms with E-state index in [-0.39, 0.29) is 52.7 Å². The van der Waals surface area contributed by atoms with Crippen molar-refractivity contribution >= 4 is 42.1 Å². The minimum absolute atomic E-state index is 0.0234. The van der Waals surface area contributed by atoms with Gasteiger partial charge in [-0.05, 0) is 49.8 Å². The highest BCUT2D eigenvalue weighted by Crippen LogP contribution is 2.32. The second-order valence-corrected chi connectivity index (χ2v) is 9.91. The van der Waals surface area contributed by atoms with E-state index in [1.54, 1.807) is 6.07 Å². The van der Waals surface area contributed by atoms with Crippen molar-refractivity contribution in [1.29, 1.82) is 0 Å². The van der Waals surface area contributed by atoms with E-state index >= 15 is 0 Å². The summed E-state index contributed by atoms with van der Waals surface area (Å²) in [6, 6.07) is 12.9. The molecule has 0 aromatic heterocycles. The van der Waals surface area contributed by atoms with Crippen molar-refractivity contribution in [1.82, 2.24) is 15.5 Å². The highest BCUT2D eigenvalue weighted by molar-refractivity contribution is 6.30. The zero-order valence-corrected chi connectivity index (χ0v) is 21.2. The van der Waals surface area contributed by atoms with Gasteiger partial charge in [-0.15, -0.1) is 0 Å². The zero-order valence-electron chi connectivity index (χ0n) is 20.4. The fourth-order valence-electron chi connectivity index (χ4n) is 5.03. The Morgan fingerprint density at radius 1 is 1.27 bits per heavy atom. The van der Waals surface area contributed by atoms with Crippen LogP contribution in [0.4, 0.5) is 4.39 Å². The van der Waals surface area contributed by atoms with Crippen LogP contribution in [0, 0.1) is 11.7 Å². The van der Waals surface area contributed by atoms with Crippen molar-refractivity contribution in [2.75, 3.05) is 19.6 Å². The Morgan fingerprint density at radius 2 is 2.05 bits per heavy atom. The molecule has 2 saturated heterocycles. The third-order valence-electron chi connectivity index (χ3n) is 6.95. The predicted molar refractivity (Wildman–Crippen MR) is 142 cm³/mol. The van der Waals surface area contributed by atoms with Crippen LogP contribution in [-0.4, -0.2) is 61.1 Å². The summed E-state index contributed by atoms with van der Waals surface area (Å²) in [4.78, 5) is 44.3. The minimum Gasteiger partial charge on any atom is -0.356 e. The lowest BCUT2D eigenvalue weighted by Crippen LogP contribution is -2.49. The Morgan fingerprint density at radius 3 is 2.73 bits per heavy atom. The molecule has 194 valence electrons. The van der Waals surface area contributed by atoms with Gasteiger partial charge in [0, 0.05) is 47.6 Å². The largest absolute Gasteiger partial charge is 0.356 e. The summed E-state index contributed by atoms with van der Waals surface area (Å²) < 4.78 is 14.2. The van der Waals surface area contributed by atoms with Crippen LogP contribution in [0.25, 0.3) is 6.08 Å². The fourth-order valence-corrected chi connectivity index (χ4v) is 5.19. The summed E-state index contributed by atoms with van der Waals surface area (Å²) in [5, 5.41) is 6.09. The molecular formula is C28H30ClFN4O3. The fraction of sp³-hybridized carbons (Fsp3) is 0.357. The van der Waals surface area contributed by atoms with Gasteiger partial charge >= 0.3 is 0 Å². The molecule has 2 aromatic rings. The van der Waals surface area contributed by atoms with Crippen molar-refractivity contribution in [2.24, 2.45) is 10.9 Å². The van der Waals surface area contributed by atoms with Crippen molar-refractivity contribution < 1.29 is 18.8 Å². The van der Waals surface area contributed by atoms with Gasteiger partial charge in [0.1, 0.15) is 11.9 Å². The number of carbonyl (C=O) groups excluding carboxylic acids is 3. The number of nitrogens with one attached hydrogen (secondary N) is 2. The van der Waals surface area contributed by atoms with E-state index in [0.717, 1.165) is 5.56 Å². The molecule has 0 radical (unpaired) electrons. The van der Waals surface area contributed by atoms with Crippen LogP contribution >= 0.6 is 11.6 Å². The SMILES string of the molecule is C=NC[C@H](C[C@@H]1CCNC1=O)NC(=O)[C@@H]1C[C@@H](c2ccccc2)CN1C(=O)/C=C/c1ccc(Cl)cc1F. The molecule has 2 fully saturated rings. The maximum Gasteiger partial charge on any atom is 0.247 e. The van der Waals surface area contributed by atoms with Gasteiger partial charge in [0.2, 0.25) is 17.7 Å². The van der Waals surface area contributed by atoms with Crippen LogP contribution in [0.5, 0.6) is 0 Å². The molecule has 4 rings (SSSR count). The Bertz CT molecular complexity index is 1190. The van der Waals surface area contributed by atoms with Crippen LogP contribution < -0.4 is 10.6 Å². The topological polar surface area (TPSA) is 90.9 Å². The van der Waals surface area contributed by atoms with Crippen LogP contribution in [0.3, 0.4) is 0 Å². The van der Waals surface area contributed by atoms with E-state index in [9.17, 15) is 18.8 Å². The number of nitrogens with zero attached hydrogens (tertiary/aromatic N) is 2. The summed E-state index contributed by atoms with van der Waals surface area (Å²) in [7, 11) is 0. The Labute approximate surface area is 220 Å². The first-order chi connectivity index (χ1) is 17.9. The maximum atomic E-state index is 14.2. The van der Waals surface area contributed by atoms with Gasteiger partial charge in [0.05, 0.1) is 6.54 Å². The maximum absolute atomic E-state index is 14.2. The third-order valence-corrected chi connectivity index (χ3v) is 7.19. The van der Waals surface area contributed by atoms with Crippen LogP contribution in [0.15, 0.2) is 59.6 Å². The van der Waals surface area contributed by atoms with Crippen LogP contribution in [-0.2, 0) is 14.4 Å². The van der Waals surface area contributed by atoms with Gasteiger partial charge in [-0.25, -0.2) is 4.39 Å². The van der Waals surface area contributed by atoms with E-state index in [0.29, 0.717) is 32.4 Å². The van der Waals surface area contributed by atoms with Crippen molar-refractivity contribution in [3.63, 3.8) is 0 Å². The number of rotatable bonds is 9. The number of hydrogen-bond acceptors (Lipinski definition) is 4. The van der Waals surface area contributed by atoms with E-state index in [2.05, 4.69) is 22.3 Å². The molecule has 0 saturated carbocycles. The lowest BCUT2D eigenvalue weighted by Gasteiger charge is -2.26. The first-order valence-electron chi connectivity index (χ1n) is 12.3. The number of aliphatic imine (C=N–C) groups is 1. The van der Waals surface area contributed by atoms with E-state index in [1.165, 1.54) is 29.2 Å². The van der Waals surface area contributed by atoms with Gasteiger partial charge in [-0.3, -0.25) is 19.4 Å². The molecule has 37 heavy (non-hydrogen) atoms. The molecule has 0 bridgehead atoms. The second kappa shape index (κ2) is 12.1. The average molecular weight is 525 g/mol. The normalized spacial score (nSPS) is 22.2. The molecule has 0 unspecified atom stereocenters. The molecule has 3 amide bonds. The molecule has 2 heterocycles. The summed E-state index contributed by atoms with van der Waals surface area (Å²) in [6.07, 6.45) is 4.28. The van der Waals surface area contributed by atoms with Crippen molar-refractivity contribution in [3.05, 3.63) is 76.6 Å². The highest BCUT2D eigenvalue weighted by Gasteiger charge is 2.40. The molecule has 7 nitrogen and oxygen atoms in total. The molecule has 2 aliphatic rings. The van der Waals surface area contributed by atoms with Gasteiger partial charge in [-0.2, -0.15) is 0 Å². The van der Waals surface area contributed by atoms with Gasteiger partial charge < -0.3 is 15.5 Å². The molecule has 2 aromatic carbocycles. The van der Waals surface area contributed by atoms with E-state index < -0.39 is 11.9 Å². The second-order valence-electron chi connectivity index (χ2n) is 9.47. The number of halogens is 2. The quantitative estimate of drug-likeness (QED) is 0.388. The Kier molecular flexibility index (Phi) is 8.71. The molecule has 2 N–H and O–H groups in total. The van der Waals surface area contributed by atoms with Crippen LogP contribution in [0.2, 0.25) is 5.02 Å². The summed E-state index contributed by atoms with van der Waals surface area (Å²) >= 11 is 5.82. The summed E-state index contributed by atoms with van der Waals surface area (Å²) in [5.74, 6) is -1.47. The molecule has 9 heteroatoms. The minimum atomic E-state index is -0.720. The first kappa shape index (κ1) is 26.5. The van der Waals surface area contributed by atoms with Gasteiger partial charge in [0.15, 0.2) is 0 Å². The zero-order chi connectivity index (χ0) is 26.4. The monoisotopic (exact) mass is 524 g/mol. The van der Waals surface area contributed by atoms with Gasteiger partial charge in [0.25, 0.3) is 0 Å². The van der Waals surface area contributed by atoms with Crippen molar-refractivity contribution in [3.8, 4) is 0 Å².